The van der Waals surface area contributed by atoms with Crippen LogP contribution in [0.25, 0.3) is 20.5 Å². The van der Waals surface area contributed by atoms with Gasteiger partial charge in [0, 0.05) is 9.58 Å². The van der Waals surface area contributed by atoms with Gasteiger partial charge in [-0.25, -0.2) is 0 Å². The van der Waals surface area contributed by atoms with E-state index in [1.54, 1.807) is 18.2 Å². The van der Waals surface area contributed by atoms with Gasteiger partial charge in [-0.15, -0.1) is 11.3 Å². The summed E-state index contributed by atoms with van der Waals surface area (Å²) in [7, 11) is -4.73. The quantitative estimate of drug-likeness (QED) is 0.734. The highest BCUT2D eigenvalue weighted by atomic mass is 32.1. The zero-order valence-electron chi connectivity index (χ0n) is 11.1. The largest absolute Gasteiger partial charge is 0.807 e. The van der Waals surface area contributed by atoms with Gasteiger partial charge >= 0.3 is 0 Å². The van der Waals surface area contributed by atoms with Crippen LogP contribution in [0.4, 0.5) is 0 Å². The molecule has 0 aliphatic carbocycles. The van der Waals surface area contributed by atoms with Crippen molar-refractivity contribution >= 4 is 34.3 Å². The summed E-state index contributed by atoms with van der Waals surface area (Å²) in [6, 6.07) is 11.5. The Bertz CT molecular complexity index is 879. The highest BCUT2D eigenvalue weighted by molar-refractivity contribution is 7.57. The molecule has 0 aliphatic heterocycles. The first-order valence-electron chi connectivity index (χ1n) is 6.21. The molecule has 0 unspecified atom stereocenters. The van der Waals surface area contributed by atoms with Crippen molar-refractivity contribution in [2.75, 3.05) is 0 Å². The van der Waals surface area contributed by atoms with E-state index in [0.717, 1.165) is 26.1 Å². The van der Waals surface area contributed by atoms with Crippen molar-refractivity contribution in [1.29, 1.82) is 0 Å². The number of hydrogen-bond donors (Lipinski definition) is 1. The molecule has 2 aromatic carbocycles. The molecule has 0 atom stereocenters. The Kier molecular flexibility index (Phi) is 3.38. The fourth-order valence-corrected chi connectivity index (χ4v) is 4.07. The van der Waals surface area contributed by atoms with Crippen molar-refractivity contribution in [3.8, 4) is 16.2 Å². The molecule has 0 amide bonds. The number of thiophene rings is 1. The van der Waals surface area contributed by atoms with Gasteiger partial charge in [0.05, 0.1) is 0 Å². The second kappa shape index (κ2) is 4.97. The SMILES string of the molecule is Cc1cc(O)ccc1-c1cc2ccc(P(=O)([O-])[O-])cc2s1. The molecule has 0 aliphatic rings. The maximum Gasteiger partial charge on any atom is 0.115 e. The minimum Gasteiger partial charge on any atom is -0.807 e. The van der Waals surface area contributed by atoms with E-state index in [1.807, 2.05) is 19.1 Å². The maximum atomic E-state index is 11.1. The van der Waals surface area contributed by atoms with Gasteiger partial charge in [0.15, 0.2) is 0 Å². The highest BCUT2D eigenvalue weighted by Gasteiger charge is 2.09. The molecule has 0 bridgehead atoms. The van der Waals surface area contributed by atoms with E-state index in [0.29, 0.717) is 0 Å². The lowest BCUT2D eigenvalue weighted by atomic mass is 10.1. The van der Waals surface area contributed by atoms with E-state index in [4.69, 9.17) is 0 Å². The van der Waals surface area contributed by atoms with E-state index >= 15 is 0 Å². The molecule has 0 fully saturated rings. The zero-order chi connectivity index (χ0) is 15.2. The molecule has 6 heteroatoms. The van der Waals surface area contributed by atoms with E-state index in [2.05, 4.69) is 0 Å². The molecule has 3 aromatic rings. The molecule has 4 nitrogen and oxygen atoms in total. The molecule has 0 saturated heterocycles. The van der Waals surface area contributed by atoms with Gasteiger partial charge in [-0.2, -0.15) is 0 Å². The van der Waals surface area contributed by atoms with E-state index in [9.17, 15) is 19.5 Å². The smallest absolute Gasteiger partial charge is 0.115 e. The van der Waals surface area contributed by atoms with Gasteiger partial charge < -0.3 is 19.5 Å². The molecule has 3 rings (SSSR count). The third kappa shape index (κ3) is 2.74. The summed E-state index contributed by atoms with van der Waals surface area (Å²) in [4.78, 5) is 23.2. The summed E-state index contributed by atoms with van der Waals surface area (Å²) >= 11 is 1.42. The third-order valence-electron chi connectivity index (χ3n) is 3.30. The second-order valence-electron chi connectivity index (χ2n) is 4.83. The van der Waals surface area contributed by atoms with Crippen LogP contribution in [0, 0.1) is 6.92 Å². The summed E-state index contributed by atoms with van der Waals surface area (Å²) in [6.07, 6.45) is 0. The Morgan fingerprint density at radius 2 is 1.86 bits per heavy atom. The number of phenols is 1. The van der Waals surface area contributed by atoms with Gasteiger partial charge in [-0.05, 0) is 66.7 Å². The number of aromatic hydroxyl groups is 1. The molecule has 0 saturated carbocycles. The number of rotatable bonds is 2. The molecule has 1 heterocycles. The fourth-order valence-electron chi connectivity index (χ4n) is 2.25. The van der Waals surface area contributed by atoms with Crippen LogP contribution in [0.3, 0.4) is 0 Å². The molecular weight excluding hydrogens is 307 g/mol. The van der Waals surface area contributed by atoms with Gasteiger partial charge in [0.25, 0.3) is 0 Å². The Balaban J connectivity index is 2.15. The standard InChI is InChI=1S/C15H13O4PS/c1-9-6-11(16)3-5-13(9)15-7-10-2-4-12(20(17,18)19)8-14(10)21-15/h2-8,16H,1H3,(H2,17,18,19)/p-2. The first-order valence-corrected chi connectivity index (χ1v) is 8.57. The van der Waals surface area contributed by atoms with Gasteiger partial charge in [-0.1, -0.05) is 12.1 Å². The normalized spacial score (nSPS) is 12.0. The monoisotopic (exact) mass is 318 g/mol. The molecular formula is C15H11O4PS-2. The summed E-state index contributed by atoms with van der Waals surface area (Å²) < 4.78 is 11.8. The highest BCUT2D eigenvalue weighted by Crippen LogP contribution is 2.37. The summed E-state index contributed by atoms with van der Waals surface area (Å²) in [5.41, 5.74) is 1.91. The number of aryl methyl sites for hydroxylation is 1. The Hall–Kier alpha value is -1.65. The fraction of sp³-hybridized carbons (Fsp3) is 0.0667. The minimum atomic E-state index is -4.73. The van der Waals surface area contributed by atoms with Crippen molar-refractivity contribution in [3.05, 3.63) is 48.0 Å². The lowest BCUT2D eigenvalue weighted by molar-refractivity contribution is -0.307. The van der Waals surface area contributed by atoms with E-state index < -0.39 is 7.60 Å². The lowest BCUT2D eigenvalue weighted by Crippen LogP contribution is -2.24. The summed E-state index contributed by atoms with van der Waals surface area (Å²) in [5, 5.41) is 10.2. The molecule has 0 spiro atoms. The Labute approximate surface area is 125 Å². The third-order valence-corrected chi connectivity index (χ3v) is 5.34. The van der Waals surface area contributed by atoms with Gasteiger partial charge in [-0.3, -0.25) is 0 Å². The predicted octanol–water partition coefficient (Wildman–Crippen LogP) is 2.12. The maximum absolute atomic E-state index is 11.1. The molecule has 108 valence electrons. The van der Waals surface area contributed by atoms with Crippen LogP contribution >= 0.6 is 18.9 Å². The first kappa shape index (κ1) is 14.3. The predicted molar refractivity (Wildman–Crippen MR) is 80.9 cm³/mol. The van der Waals surface area contributed by atoms with Crippen LogP contribution in [0.5, 0.6) is 5.75 Å². The van der Waals surface area contributed by atoms with Crippen LogP contribution in [0.2, 0.25) is 0 Å². The number of phenolic OH excluding ortho intramolecular Hbond substituents is 1. The second-order valence-corrected chi connectivity index (χ2v) is 7.42. The van der Waals surface area contributed by atoms with Gasteiger partial charge in [0.2, 0.25) is 0 Å². The van der Waals surface area contributed by atoms with E-state index in [1.165, 1.54) is 23.5 Å². The number of fused-ring (bicyclic) bond motifs is 1. The number of hydrogen-bond acceptors (Lipinski definition) is 5. The minimum absolute atomic E-state index is 0.189. The Morgan fingerprint density at radius 3 is 2.52 bits per heavy atom. The molecule has 21 heavy (non-hydrogen) atoms. The van der Waals surface area contributed by atoms with Crippen LogP contribution in [0.1, 0.15) is 5.56 Å². The topological polar surface area (TPSA) is 83.4 Å². The summed E-state index contributed by atoms with van der Waals surface area (Å²) in [6.45, 7) is 1.90. The summed E-state index contributed by atoms with van der Waals surface area (Å²) in [5.74, 6) is 0.207. The van der Waals surface area contributed by atoms with Crippen LogP contribution < -0.4 is 15.1 Å². The van der Waals surface area contributed by atoms with E-state index in [-0.39, 0.29) is 11.1 Å². The van der Waals surface area contributed by atoms with Gasteiger partial charge in [0.1, 0.15) is 5.75 Å². The molecule has 1 aromatic heterocycles. The van der Waals surface area contributed by atoms with Crippen LogP contribution in [-0.2, 0) is 4.57 Å². The average Bonchev–Trinajstić information content (AvgIpc) is 2.79. The van der Waals surface area contributed by atoms with Crippen molar-refractivity contribution in [3.63, 3.8) is 0 Å². The van der Waals surface area contributed by atoms with Crippen molar-refractivity contribution < 1.29 is 19.5 Å². The number of benzene rings is 2. The van der Waals surface area contributed by atoms with Crippen LogP contribution in [0.15, 0.2) is 42.5 Å². The van der Waals surface area contributed by atoms with Crippen molar-refractivity contribution in [1.82, 2.24) is 0 Å². The molecule has 1 N–H and O–H groups in total. The van der Waals surface area contributed by atoms with Crippen molar-refractivity contribution in [2.45, 2.75) is 6.92 Å². The lowest BCUT2D eigenvalue weighted by Gasteiger charge is -2.29. The van der Waals surface area contributed by atoms with Crippen LogP contribution in [-0.4, -0.2) is 5.11 Å². The zero-order valence-corrected chi connectivity index (χ0v) is 12.8. The van der Waals surface area contributed by atoms with Crippen molar-refractivity contribution in [2.24, 2.45) is 0 Å². The average molecular weight is 318 g/mol. The first-order chi connectivity index (χ1) is 9.84. The Morgan fingerprint density at radius 1 is 1.10 bits per heavy atom. The molecule has 0 radical (unpaired) electrons.